The van der Waals surface area contributed by atoms with Crippen molar-refractivity contribution in [2.75, 3.05) is 6.54 Å². The summed E-state index contributed by atoms with van der Waals surface area (Å²) in [5.74, 6) is -0.227. The number of benzene rings is 1. The summed E-state index contributed by atoms with van der Waals surface area (Å²) in [6.45, 7) is 0.530. The van der Waals surface area contributed by atoms with E-state index in [2.05, 4.69) is 10.6 Å². The minimum atomic E-state index is -0.227. The minimum absolute atomic E-state index is 0.0894. The molecule has 4 heteroatoms. The third-order valence-electron chi connectivity index (χ3n) is 5.03. The molecule has 0 radical (unpaired) electrons. The maximum Gasteiger partial charge on any atom is 0.315 e. The molecule has 0 spiro atoms. The lowest BCUT2D eigenvalue weighted by molar-refractivity contribution is 0.234. The van der Waals surface area contributed by atoms with Gasteiger partial charge in [0, 0.05) is 12.6 Å². The van der Waals surface area contributed by atoms with Crippen LogP contribution in [0.3, 0.4) is 0 Å². The molecule has 3 nitrogen and oxygen atoms in total. The molecule has 2 amide bonds. The maximum atomic E-state index is 13.2. The fraction of sp³-hybridized carbons (Fsp3) is 0.667. The zero-order chi connectivity index (χ0) is 17.7. The zero-order valence-electron chi connectivity index (χ0n) is 15.4. The lowest BCUT2D eigenvalue weighted by Crippen LogP contribution is -2.42. The fourth-order valence-corrected chi connectivity index (χ4v) is 3.56. The summed E-state index contributed by atoms with van der Waals surface area (Å²) in [7, 11) is 0. The standard InChI is InChI=1S/C21H33FN2O/c22-19-12-10-11-18(17-19)15-16-23-21(25)24-20-13-8-6-4-2-1-3-5-7-9-14-20/h10-12,17,20H,1-9,13-16H2,(H2,23,24,25). The smallest absolute Gasteiger partial charge is 0.315 e. The van der Waals surface area contributed by atoms with Gasteiger partial charge in [-0.1, -0.05) is 69.9 Å². The van der Waals surface area contributed by atoms with E-state index in [-0.39, 0.29) is 17.9 Å². The van der Waals surface area contributed by atoms with Gasteiger partial charge in [0.25, 0.3) is 0 Å². The predicted molar refractivity (Wildman–Crippen MR) is 101 cm³/mol. The summed E-state index contributed by atoms with van der Waals surface area (Å²) in [4.78, 5) is 12.1. The maximum absolute atomic E-state index is 13.2. The van der Waals surface area contributed by atoms with Gasteiger partial charge in [0.15, 0.2) is 0 Å². The second kappa shape index (κ2) is 11.9. The Bertz CT molecular complexity index is 494. The van der Waals surface area contributed by atoms with Gasteiger partial charge in [0.1, 0.15) is 5.82 Å². The highest BCUT2D eigenvalue weighted by atomic mass is 19.1. The zero-order valence-corrected chi connectivity index (χ0v) is 15.4. The van der Waals surface area contributed by atoms with Crippen molar-refractivity contribution >= 4 is 6.03 Å². The Labute approximate surface area is 151 Å². The Kier molecular flexibility index (Phi) is 9.38. The summed E-state index contributed by atoms with van der Waals surface area (Å²) < 4.78 is 13.2. The molecular weight excluding hydrogens is 315 g/mol. The molecule has 140 valence electrons. The summed E-state index contributed by atoms with van der Waals surface area (Å²) in [6, 6.07) is 6.74. The van der Waals surface area contributed by atoms with Gasteiger partial charge in [-0.25, -0.2) is 9.18 Å². The third kappa shape index (κ3) is 8.89. The van der Waals surface area contributed by atoms with Gasteiger partial charge >= 0.3 is 6.03 Å². The number of carbonyl (C=O) groups excluding carboxylic acids is 1. The fourth-order valence-electron chi connectivity index (χ4n) is 3.56. The van der Waals surface area contributed by atoms with E-state index in [0.717, 1.165) is 18.4 Å². The van der Waals surface area contributed by atoms with Crippen LogP contribution < -0.4 is 10.6 Å². The Morgan fingerprint density at radius 3 is 2.16 bits per heavy atom. The van der Waals surface area contributed by atoms with Crippen LogP contribution in [0.25, 0.3) is 0 Å². The van der Waals surface area contributed by atoms with Crippen LogP contribution in [-0.4, -0.2) is 18.6 Å². The molecule has 0 aromatic heterocycles. The Hall–Kier alpha value is -1.58. The predicted octanol–water partition coefficient (Wildman–Crippen LogP) is 5.34. The monoisotopic (exact) mass is 348 g/mol. The molecule has 2 rings (SSSR count). The summed E-state index contributed by atoms with van der Waals surface area (Å²) in [5.41, 5.74) is 0.909. The number of amides is 2. The van der Waals surface area contributed by atoms with Crippen molar-refractivity contribution in [3.05, 3.63) is 35.6 Å². The largest absolute Gasteiger partial charge is 0.338 e. The first-order valence-corrected chi connectivity index (χ1v) is 10.0. The van der Waals surface area contributed by atoms with E-state index >= 15 is 0 Å². The van der Waals surface area contributed by atoms with Crippen LogP contribution in [0.15, 0.2) is 24.3 Å². The van der Waals surface area contributed by atoms with Gasteiger partial charge in [-0.3, -0.25) is 0 Å². The molecule has 1 aromatic carbocycles. The average molecular weight is 349 g/mol. The van der Waals surface area contributed by atoms with Gasteiger partial charge in [-0.2, -0.15) is 0 Å². The molecule has 0 bridgehead atoms. The number of halogens is 1. The molecule has 1 aliphatic rings. The molecule has 0 saturated heterocycles. The lowest BCUT2D eigenvalue weighted by atomic mass is 9.98. The first-order chi connectivity index (χ1) is 12.2. The van der Waals surface area contributed by atoms with Crippen molar-refractivity contribution in [2.24, 2.45) is 0 Å². The van der Waals surface area contributed by atoms with Crippen molar-refractivity contribution in [2.45, 2.75) is 83.1 Å². The van der Waals surface area contributed by atoms with E-state index in [9.17, 15) is 9.18 Å². The Balaban J connectivity index is 1.68. The van der Waals surface area contributed by atoms with Crippen LogP contribution in [0.2, 0.25) is 0 Å². The molecule has 0 atom stereocenters. The van der Waals surface area contributed by atoms with Crippen molar-refractivity contribution < 1.29 is 9.18 Å². The molecule has 0 heterocycles. The summed E-state index contributed by atoms with van der Waals surface area (Å²) in [5, 5.41) is 6.06. The van der Waals surface area contributed by atoms with E-state index < -0.39 is 0 Å². The molecule has 0 unspecified atom stereocenters. The number of urea groups is 1. The molecular formula is C21H33FN2O. The molecule has 1 saturated carbocycles. The molecule has 1 aromatic rings. The average Bonchev–Trinajstić information content (AvgIpc) is 2.57. The minimum Gasteiger partial charge on any atom is -0.338 e. The summed E-state index contributed by atoms with van der Waals surface area (Å²) in [6.07, 6.45) is 14.5. The highest BCUT2D eigenvalue weighted by Gasteiger charge is 2.12. The number of carbonyl (C=O) groups is 1. The highest BCUT2D eigenvalue weighted by Crippen LogP contribution is 2.16. The van der Waals surface area contributed by atoms with Crippen LogP contribution in [0, 0.1) is 5.82 Å². The quantitative estimate of drug-likeness (QED) is 0.757. The van der Waals surface area contributed by atoms with Crippen molar-refractivity contribution in [1.29, 1.82) is 0 Å². The molecule has 1 fully saturated rings. The van der Waals surface area contributed by atoms with Gasteiger partial charge in [0.05, 0.1) is 0 Å². The van der Waals surface area contributed by atoms with Gasteiger partial charge in [0.2, 0.25) is 0 Å². The van der Waals surface area contributed by atoms with E-state index in [1.54, 1.807) is 6.07 Å². The van der Waals surface area contributed by atoms with Crippen molar-refractivity contribution in [1.82, 2.24) is 10.6 Å². The Morgan fingerprint density at radius 1 is 0.960 bits per heavy atom. The van der Waals surface area contributed by atoms with E-state index in [1.807, 2.05) is 6.07 Å². The first-order valence-electron chi connectivity index (χ1n) is 10.0. The number of nitrogens with one attached hydrogen (secondary N) is 2. The van der Waals surface area contributed by atoms with E-state index in [4.69, 9.17) is 0 Å². The van der Waals surface area contributed by atoms with Crippen LogP contribution in [0.1, 0.15) is 76.2 Å². The van der Waals surface area contributed by atoms with Gasteiger partial charge < -0.3 is 10.6 Å². The van der Waals surface area contributed by atoms with Crippen LogP contribution >= 0.6 is 0 Å². The third-order valence-corrected chi connectivity index (χ3v) is 5.03. The van der Waals surface area contributed by atoms with Crippen LogP contribution in [0.5, 0.6) is 0 Å². The molecule has 2 N–H and O–H groups in total. The van der Waals surface area contributed by atoms with E-state index in [0.29, 0.717) is 13.0 Å². The Morgan fingerprint density at radius 2 is 1.56 bits per heavy atom. The first kappa shape index (κ1) is 19.7. The van der Waals surface area contributed by atoms with E-state index in [1.165, 1.54) is 69.9 Å². The second-order valence-corrected chi connectivity index (χ2v) is 7.24. The number of hydrogen-bond donors (Lipinski definition) is 2. The normalized spacial score (nSPS) is 18.0. The highest BCUT2D eigenvalue weighted by molar-refractivity contribution is 5.74. The topological polar surface area (TPSA) is 41.1 Å². The summed E-state index contributed by atoms with van der Waals surface area (Å²) >= 11 is 0. The second-order valence-electron chi connectivity index (χ2n) is 7.24. The lowest BCUT2D eigenvalue weighted by Gasteiger charge is -2.20. The van der Waals surface area contributed by atoms with Crippen molar-refractivity contribution in [3.63, 3.8) is 0 Å². The number of hydrogen-bond acceptors (Lipinski definition) is 1. The number of rotatable bonds is 4. The van der Waals surface area contributed by atoms with Crippen LogP contribution in [-0.2, 0) is 6.42 Å². The molecule has 0 aliphatic heterocycles. The van der Waals surface area contributed by atoms with Gasteiger partial charge in [-0.05, 0) is 37.0 Å². The van der Waals surface area contributed by atoms with Gasteiger partial charge in [-0.15, -0.1) is 0 Å². The molecule has 1 aliphatic carbocycles. The van der Waals surface area contributed by atoms with Crippen LogP contribution in [0.4, 0.5) is 9.18 Å². The van der Waals surface area contributed by atoms with Crippen molar-refractivity contribution in [3.8, 4) is 0 Å². The SMILES string of the molecule is O=C(NCCc1cccc(F)c1)NC1CCCCCCCCCCC1. The molecule has 25 heavy (non-hydrogen) atoms.